The number of amides is 1. The number of ether oxygens (including phenoxy) is 3. The lowest BCUT2D eigenvalue weighted by Gasteiger charge is -2.17. The van der Waals surface area contributed by atoms with Crippen molar-refractivity contribution in [1.29, 1.82) is 0 Å². The standard InChI is InChI=1S/C19H22N2O5/c1-24-10-11-26-17-13-15(8-9-20-17)18(22)21-16(19(23)25-2)12-14-6-4-3-5-7-14/h3-9,13,16H,10-12H2,1-2H3,(H,21,22)/t16-/m0/s1. The molecule has 0 aliphatic carbocycles. The van der Waals surface area contributed by atoms with E-state index in [-0.39, 0.29) is 0 Å². The molecule has 2 aromatic rings. The van der Waals surface area contributed by atoms with E-state index in [1.165, 1.54) is 19.4 Å². The van der Waals surface area contributed by atoms with E-state index in [1.807, 2.05) is 30.3 Å². The minimum absolute atomic E-state index is 0.312. The van der Waals surface area contributed by atoms with Gasteiger partial charge in [0.1, 0.15) is 12.6 Å². The second-order valence-electron chi connectivity index (χ2n) is 5.46. The lowest BCUT2D eigenvalue weighted by atomic mass is 10.1. The topological polar surface area (TPSA) is 86.8 Å². The summed E-state index contributed by atoms with van der Waals surface area (Å²) in [4.78, 5) is 28.6. The molecule has 0 saturated carbocycles. The highest BCUT2D eigenvalue weighted by atomic mass is 16.5. The first-order valence-electron chi connectivity index (χ1n) is 8.14. The molecule has 0 spiro atoms. The first-order valence-corrected chi connectivity index (χ1v) is 8.14. The van der Waals surface area contributed by atoms with Crippen LogP contribution in [0.1, 0.15) is 15.9 Å². The molecule has 0 unspecified atom stereocenters. The average molecular weight is 358 g/mol. The van der Waals surface area contributed by atoms with Crippen LogP contribution in [-0.4, -0.2) is 50.3 Å². The Morgan fingerprint density at radius 2 is 1.88 bits per heavy atom. The van der Waals surface area contributed by atoms with E-state index in [4.69, 9.17) is 14.2 Å². The summed E-state index contributed by atoms with van der Waals surface area (Å²) in [5.41, 5.74) is 1.26. The molecule has 0 bridgehead atoms. The SMILES string of the molecule is COCCOc1cc(C(=O)N[C@@H](Cc2ccccc2)C(=O)OC)ccn1. The van der Waals surface area contributed by atoms with E-state index in [9.17, 15) is 9.59 Å². The zero-order valence-electron chi connectivity index (χ0n) is 14.8. The Balaban J connectivity index is 2.06. The summed E-state index contributed by atoms with van der Waals surface area (Å²) in [6.07, 6.45) is 1.81. The second kappa shape index (κ2) is 10.1. The summed E-state index contributed by atoms with van der Waals surface area (Å²) in [6, 6.07) is 11.7. The highest BCUT2D eigenvalue weighted by molar-refractivity contribution is 5.97. The molecule has 1 amide bonds. The van der Waals surface area contributed by atoms with Crippen molar-refractivity contribution in [1.82, 2.24) is 10.3 Å². The quantitative estimate of drug-likeness (QED) is 0.541. The van der Waals surface area contributed by atoms with Crippen LogP contribution in [0, 0.1) is 0 Å². The number of carbonyl (C=O) groups excluding carboxylic acids is 2. The van der Waals surface area contributed by atoms with Gasteiger partial charge in [-0.15, -0.1) is 0 Å². The Bertz CT molecular complexity index is 721. The molecule has 26 heavy (non-hydrogen) atoms. The molecule has 0 saturated heterocycles. The van der Waals surface area contributed by atoms with Crippen molar-refractivity contribution >= 4 is 11.9 Å². The predicted octanol–water partition coefficient (Wildman–Crippen LogP) is 1.62. The molecule has 138 valence electrons. The van der Waals surface area contributed by atoms with Crippen molar-refractivity contribution in [2.75, 3.05) is 27.4 Å². The molecule has 0 aliphatic rings. The fourth-order valence-electron chi connectivity index (χ4n) is 2.29. The smallest absolute Gasteiger partial charge is 0.328 e. The molecule has 1 atom stereocenters. The summed E-state index contributed by atoms with van der Waals surface area (Å²) in [7, 11) is 2.86. The molecule has 2 rings (SSSR count). The van der Waals surface area contributed by atoms with Crippen LogP contribution in [0.25, 0.3) is 0 Å². The third-order valence-electron chi connectivity index (χ3n) is 3.61. The van der Waals surface area contributed by atoms with Gasteiger partial charge in [0.15, 0.2) is 0 Å². The van der Waals surface area contributed by atoms with Gasteiger partial charge in [0, 0.05) is 31.4 Å². The van der Waals surface area contributed by atoms with Gasteiger partial charge in [-0.3, -0.25) is 4.79 Å². The number of hydrogen-bond donors (Lipinski definition) is 1. The number of nitrogens with zero attached hydrogens (tertiary/aromatic N) is 1. The van der Waals surface area contributed by atoms with E-state index in [0.717, 1.165) is 5.56 Å². The summed E-state index contributed by atoms with van der Waals surface area (Å²) in [5.74, 6) is -0.601. The van der Waals surface area contributed by atoms with Gasteiger partial charge in [0.25, 0.3) is 5.91 Å². The van der Waals surface area contributed by atoms with Crippen LogP contribution in [-0.2, 0) is 20.7 Å². The van der Waals surface area contributed by atoms with Crippen LogP contribution in [0.15, 0.2) is 48.7 Å². The van der Waals surface area contributed by atoms with Gasteiger partial charge in [-0.2, -0.15) is 0 Å². The van der Waals surface area contributed by atoms with Gasteiger partial charge in [0.05, 0.1) is 13.7 Å². The summed E-state index contributed by atoms with van der Waals surface area (Å²) >= 11 is 0. The van der Waals surface area contributed by atoms with Crippen LogP contribution in [0.5, 0.6) is 5.88 Å². The largest absolute Gasteiger partial charge is 0.475 e. The lowest BCUT2D eigenvalue weighted by molar-refractivity contribution is -0.142. The van der Waals surface area contributed by atoms with Crippen LogP contribution >= 0.6 is 0 Å². The molecule has 7 heteroatoms. The number of aromatic nitrogens is 1. The van der Waals surface area contributed by atoms with Gasteiger partial charge < -0.3 is 19.5 Å². The zero-order chi connectivity index (χ0) is 18.8. The van der Waals surface area contributed by atoms with Gasteiger partial charge in [-0.25, -0.2) is 9.78 Å². The first kappa shape index (κ1) is 19.4. The number of benzene rings is 1. The maximum atomic E-state index is 12.5. The highest BCUT2D eigenvalue weighted by Crippen LogP contribution is 2.11. The number of rotatable bonds is 9. The van der Waals surface area contributed by atoms with Crippen molar-refractivity contribution in [3.05, 3.63) is 59.8 Å². The molecule has 0 fully saturated rings. The zero-order valence-corrected chi connectivity index (χ0v) is 14.8. The maximum Gasteiger partial charge on any atom is 0.328 e. The van der Waals surface area contributed by atoms with Crippen molar-refractivity contribution < 1.29 is 23.8 Å². The Labute approximate surface area is 152 Å². The van der Waals surface area contributed by atoms with Crippen LogP contribution < -0.4 is 10.1 Å². The third-order valence-corrected chi connectivity index (χ3v) is 3.61. The minimum atomic E-state index is -0.791. The Morgan fingerprint density at radius 1 is 1.12 bits per heavy atom. The number of carbonyl (C=O) groups is 2. The first-order chi connectivity index (χ1) is 12.6. The van der Waals surface area contributed by atoms with Gasteiger partial charge in [-0.05, 0) is 11.6 Å². The minimum Gasteiger partial charge on any atom is -0.475 e. The molecule has 1 aromatic carbocycles. The summed E-state index contributed by atoms with van der Waals surface area (Å²) in [6.45, 7) is 0.743. The van der Waals surface area contributed by atoms with E-state index in [1.54, 1.807) is 13.2 Å². The number of pyridine rings is 1. The van der Waals surface area contributed by atoms with Gasteiger partial charge in [0.2, 0.25) is 5.88 Å². The number of methoxy groups -OCH3 is 2. The van der Waals surface area contributed by atoms with Gasteiger partial charge in [-0.1, -0.05) is 30.3 Å². The monoisotopic (exact) mass is 358 g/mol. The average Bonchev–Trinajstić information content (AvgIpc) is 2.68. The fourth-order valence-corrected chi connectivity index (χ4v) is 2.29. The molecule has 1 heterocycles. The van der Waals surface area contributed by atoms with E-state index < -0.39 is 17.9 Å². The van der Waals surface area contributed by atoms with E-state index in [0.29, 0.717) is 31.1 Å². The number of nitrogens with one attached hydrogen (secondary N) is 1. The van der Waals surface area contributed by atoms with Crippen molar-refractivity contribution in [3.63, 3.8) is 0 Å². The fraction of sp³-hybridized carbons (Fsp3) is 0.316. The Hall–Kier alpha value is -2.93. The Kier molecular flexibility index (Phi) is 7.57. The van der Waals surface area contributed by atoms with Crippen LogP contribution in [0.4, 0.5) is 0 Å². The summed E-state index contributed by atoms with van der Waals surface area (Å²) in [5, 5.41) is 2.71. The second-order valence-corrected chi connectivity index (χ2v) is 5.46. The van der Waals surface area contributed by atoms with E-state index >= 15 is 0 Å². The molecule has 1 N–H and O–H groups in total. The van der Waals surface area contributed by atoms with Gasteiger partial charge >= 0.3 is 5.97 Å². The van der Waals surface area contributed by atoms with Crippen molar-refractivity contribution in [3.8, 4) is 5.88 Å². The summed E-state index contributed by atoms with van der Waals surface area (Å²) < 4.78 is 15.1. The third kappa shape index (κ3) is 5.86. The molecule has 0 aliphatic heterocycles. The van der Waals surface area contributed by atoms with Crippen LogP contribution in [0.2, 0.25) is 0 Å². The Morgan fingerprint density at radius 3 is 2.58 bits per heavy atom. The normalized spacial score (nSPS) is 11.5. The molecular weight excluding hydrogens is 336 g/mol. The van der Waals surface area contributed by atoms with Crippen molar-refractivity contribution in [2.24, 2.45) is 0 Å². The maximum absolute atomic E-state index is 12.5. The highest BCUT2D eigenvalue weighted by Gasteiger charge is 2.22. The molecular formula is C19H22N2O5. The predicted molar refractivity (Wildman–Crippen MR) is 95.0 cm³/mol. The van der Waals surface area contributed by atoms with Crippen molar-refractivity contribution in [2.45, 2.75) is 12.5 Å². The van der Waals surface area contributed by atoms with E-state index in [2.05, 4.69) is 10.3 Å². The number of esters is 1. The number of hydrogen-bond acceptors (Lipinski definition) is 6. The molecule has 0 radical (unpaired) electrons. The molecule has 1 aromatic heterocycles. The molecule has 7 nitrogen and oxygen atoms in total. The lowest BCUT2D eigenvalue weighted by Crippen LogP contribution is -2.43. The van der Waals surface area contributed by atoms with Crippen LogP contribution in [0.3, 0.4) is 0 Å².